The highest BCUT2D eigenvalue weighted by Crippen LogP contribution is 2.88. The number of rotatable bonds is 0. The van der Waals surface area contributed by atoms with Crippen LogP contribution in [0, 0.1) is 29.1 Å². The zero-order valence-corrected chi connectivity index (χ0v) is 16.0. The largest absolute Gasteiger partial charge is 0.0843 e. The van der Waals surface area contributed by atoms with Gasteiger partial charge in [0.05, 0.1) is 0 Å². The predicted molar refractivity (Wildman–Crippen MR) is 110 cm³/mol. The molecule has 0 nitrogen and oxygen atoms in total. The molecule has 6 atom stereocenters. The molecular formula is C26H21Cl. The van der Waals surface area contributed by atoms with Crippen molar-refractivity contribution in [3.63, 3.8) is 0 Å². The van der Waals surface area contributed by atoms with Crippen LogP contribution < -0.4 is 0 Å². The van der Waals surface area contributed by atoms with Gasteiger partial charge in [-0.2, -0.15) is 0 Å². The fraction of sp³-hybridized carbons (Fsp3) is 0.385. The third-order valence-electron chi connectivity index (χ3n) is 9.67. The molecule has 3 aromatic carbocycles. The Bertz CT molecular complexity index is 1190. The summed E-state index contributed by atoms with van der Waals surface area (Å²) in [5.41, 5.74) is 7.10. The summed E-state index contributed by atoms with van der Waals surface area (Å²) < 4.78 is 0. The highest BCUT2D eigenvalue weighted by atomic mass is 35.5. The second-order valence-corrected chi connectivity index (χ2v) is 10.4. The van der Waals surface area contributed by atoms with Crippen molar-refractivity contribution in [2.75, 3.05) is 0 Å². The summed E-state index contributed by atoms with van der Waals surface area (Å²) in [6.07, 6.45) is 5.94. The second kappa shape index (κ2) is 4.13. The fourth-order valence-corrected chi connectivity index (χ4v) is 9.11. The molecule has 2 spiro atoms. The number of hydrogen-bond donors (Lipinski definition) is 0. The Labute approximate surface area is 164 Å². The highest BCUT2D eigenvalue weighted by Gasteiger charge is 2.82. The molecule has 6 unspecified atom stereocenters. The Morgan fingerprint density at radius 3 is 2.30 bits per heavy atom. The van der Waals surface area contributed by atoms with Gasteiger partial charge in [0.25, 0.3) is 0 Å². The highest BCUT2D eigenvalue weighted by molar-refractivity contribution is 6.31. The Morgan fingerprint density at radius 2 is 1.48 bits per heavy atom. The first-order valence-corrected chi connectivity index (χ1v) is 10.9. The smallest absolute Gasteiger partial charge is 0.0412 e. The minimum absolute atomic E-state index is 0.271. The maximum Gasteiger partial charge on any atom is 0.0412 e. The van der Waals surface area contributed by atoms with Crippen LogP contribution in [0.25, 0.3) is 21.9 Å². The van der Waals surface area contributed by atoms with Crippen LogP contribution in [0.3, 0.4) is 0 Å². The second-order valence-electron chi connectivity index (χ2n) is 9.97. The van der Waals surface area contributed by atoms with Gasteiger partial charge in [-0.05, 0) is 112 Å². The van der Waals surface area contributed by atoms with Gasteiger partial charge in [-0.1, -0.05) is 41.9 Å². The summed E-state index contributed by atoms with van der Waals surface area (Å²) in [5, 5.41) is 3.63. The molecule has 27 heavy (non-hydrogen) atoms. The number of hydrogen-bond acceptors (Lipinski definition) is 0. The lowest BCUT2D eigenvalue weighted by Gasteiger charge is -2.70. The molecule has 0 heterocycles. The molecule has 5 aliphatic carbocycles. The lowest BCUT2D eigenvalue weighted by Crippen LogP contribution is -2.65. The molecule has 0 amide bonds. The van der Waals surface area contributed by atoms with Gasteiger partial charge >= 0.3 is 0 Å². The van der Waals surface area contributed by atoms with Crippen LogP contribution in [0.15, 0.2) is 54.6 Å². The van der Waals surface area contributed by atoms with E-state index >= 15 is 0 Å². The fourth-order valence-electron chi connectivity index (χ4n) is 8.93. The van der Waals surface area contributed by atoms with E-state index in [4.69, 9.17) is 11.6 Å². The minimum Gasteiger partial charge on any atom is -0.0843 e. The van der Waals surface area contributed by atoms with Crippen LogP contribution in [-0.2, 0) is 5.41 Å². The average Bonchev–Trinajstić information content (AvgIpc) is 3.25. The molecular weight excluding hydrogens is 348 g/mol. The van der Waals surface area contributed by atoms with Crippen molar-refractivity contribution >= 4 is 22.4 Å². The van der Waals surface area contributed by atoms with Gasteiger partial charge in [0, 0.05) is 10.4 Å². The monoisotopic (exact) mass is 368 g/mol. The minimum atomic E-state index is 0.271. The Balaban J connectivity index is 1.50. The lowest BCUT2D eigenvalue weighted by molar-refractivity contribution is -0.193. The van der Waals surface area contributed by atoms with Crippen LogP contribution in [0.5, 0.6) is 0 Å². The van der Waals surface area contributed by atoms with Crippen molar-refractivity contribution in [2.24, 2.45) is 29.1 Å². The van der Waals surface area contributed by atoms with Crippen molar-refractivity contribution in [3.05, 3.63) is 70.7 Å². The standard InChI is InChI=1S/C26H21Cl/c27-19-5-6-22-21(12-19)20-7-14-3-1-2-4-15(14)8-23(20)26(22)18-10-16-9-17-11-24(26)25(16,17)13-18/h1-8,12,16-18,24H,9-11,13H2. The summed E-state index contributed by atoms with van der Waals surface area (Å²) in [5.74, 6) is 3.78. The topological polar surface area (TPSA) is 0 Å². The van der Waals surface area contributed by atoms with E-state index in [1.165, 1.54) is 47.6 Å². The Kier molecular flexibility index (Phi) is 2.18. The molecule has 0 N–H and O–H groups in total. The third kappa shape index (κ3) is 1.26. The van der Waals surface area contributed by atoms with Crippen molar-refractivity contribution in [1.29, 1.82) is 0 Å². The van der Waals surface area contributed by atoms with Crippen molar-refractivity contribution in [3.8, 4) is 11.1 Å². The van der Waals surface area contributed by atoms with E-state index in [1.807, 2.05) is 0 Å². The summed E-state index contributed by atoms with van der Waals surface area (Å²) in [6.45, 7) is 0. The van der Waals surface area contributed by atoms with Crippen LogP contribution in [0.2, 0.25) is 5.02 Å². The van der Waals surface area contributed by atoms with E-state index in [0.717, 1.165) is 28.7 Å². The number of benzene rings is 3. The molecule has 8 rings (SSSR count). The molecule has 1 heteroatoms. The quantitative estimate of drug-likeness (QED) is 0.408. The van der Waals surface area contributed by atoms with E-state index in [9.17, 15) is 0 Å². The first kappa shape index (κ1) is 14.2. The van der Waals surface area contributed by atoms with E-state index in [1.54, 1.807) is 11.1 Å². The molecule has 3 aromatic rings. The van der Waals surface area contributed by atoms with Crippen LogP contribution in [0.1, 0.15) is 36.8 Å². The normalized spacial score (nSPS) is 41.2. The van der Waals surface area contributed by atoms with E-state index < -0.39 is 0 Å². The molecule has 0 saturated heterocycles. The lowest BCUT2D eigenvalue weighted by atomic mass is 9.34. The van der Waals surface area contributed by atoms with E-state index in [-0.39, 0.29) is 5.41 Å². The van der Waals surface area contributed by atoms with Gasteiger partial charge in [-0.15, -0.1) is 0 Å². The molecule has 0 radical (unpaired) electrons. The van der Waals surface area contributed by atoms with Gasteiger partial charge in [-0.3, -0.25) is 0 Å². The average molecular weight is 369 g/mol. The first-order chi connectivity index (χ1) is 13.2. The summed E-state index contributed by atoms with van der Waals surface area (Å²) in [6, 6.07) is 20.7. The molecule has 4 fully saturated rings. The van der Waals surface area contributed by atoms with Gasteiger partial charge in [-0.25, -0.2) is 0 Å². The van der Waals surface area contributed by atoms with Crippen molar-refractivity contribution < 1.29 is 0 Å². The predicted octanol–water partition coefficient (Wildman–Crippen LogP) is 6.83. The van der Waals surface area contributed by atoms with Crippen molar-refractivity contribution in [1.82, 2.24) is 0 Å². The number of fused-ring (bicyclic) bond motifs is 9. The SMILES string of the molecule is Clc1ccc2c(c1)-c1cc3ccccc3cc1C21C2CC3CC4CC1C34C2. The Hall–Kier alpha value is -1.79. The summed E-state index contributed by atoms with van der Waals surface area (Å²) in [4.78, 5) is 0. The first-order valence-electron chi connectivity index (χ1n) is 10.6. The summed E-state index contributed by atoms with van der Waals surface area (Å²) >= 11 is 6.49. The van der Waals surface area contributed by atoms with Gasteiger partial charge in [0.15, 0.2) is 0 Å². The zero-order valence-electron chi connectivity index (χ0n) is 15.2. The maximum atomic E-state index is 6.49. The zero-order chi connectivity index (χ0) is 17.5. The van der Waals surface area contributed by atoms with Crippen LogP contribution in [-0.4, -0.2) is 0 Å². The number of halogens is 1. The molecule has 0 aliphatic heterocycles. The molecule has 2 bridgehead atoms. The van der Waals surface area contributed by atoms with Gasteiger partial charge < -0.3 is 0 Å². The third-order valence-corrected chi connectivity index (χ3v) is 9.90. The van der Waals surface area contributed by atoms with Gasteiger partial charge in [0.2, 0.25) is 0 Å². The van der Waals surface area contributed by atoms with Crippen LogP contribution in [0.4, 0.5) is 0 Å². The molecule has 132 valence electrons. The van der Waals surface area contributed by atoms with Crippen molar-refractivity contribution in [2.45, 2.75) is 31.1 Å². The van der Waals surface area contributed by atoms with E-state index in [2.05, 4.69) is 54.6 Å². The van der Waals surface area contributed by atoms with Gasteiger partial charge in [0.1, 0.15) is 0 Å². The molecule has 0 aromatic heterocycles. The summed E-state index contributed by atoms with van der Waals surface area (Å²) in [7, 11) is 0. The molecule has 4 saturated carbocycles. The maximum absolute atomic E-state index is 6.49. The van der Waals surface area contributed by atoms with E-state index in [0.29, 0.717) is 5.41 Å². The van der Waals surface area contributed by atoms with Crippen LogP contribution >= 0.6 is 11.6 Å². The Morgan fingerprint density at radius 1 is 0.741 bits per heavy atom. The molecule has 5 aliphatic rings.